The van der Waals surface area contributed by atoms with Crippen molar-refractivity contribution in [1.29, 1.82) is 0 Å². The Kier molecular flexibility index (Phi) is 4.58. The van der Waals surface area contributed by atoms with E-state index < -0.39 is 0 Å². The van der Waals surface area contributed by atoms with E-state index in [1.54, 1.807) is 0 Å². The molecule has 0 unspecified atom stereocenters. The predicted octanol–water partition coefficient (Wildman–Crippen LogP) is 4.30. The standard InChI is InChI=1S/C18H31N3O/c1-5-13-6-8-14(9-7-13)21(15-10-11-15)12-16-19-17(22-20-16)18(2,3)4/h13-15H,5-12H2,1-4H3. The van der Waals surface area contributed by atoms with Crippen LogP contribution in [0, 0.1) is 5.92 Å². The van der Waals surface area contributed by atoms with Gasteiger partial charge in [0, 0.05) is 17.5 Å². The normalized spacial score (nSPS) is 26.6. The van der Waals surface area contributed by atoms with E-state index in [1.807, 2.05) is 0 Å². The van der Waals surface area contributed by atoms with Crippen LogP contribution >= 0.6 is 0 Å². The van der Waals surface area contributed by atoms with Gasteiger partial charge in [0.1, 0.15) is 0 Å². The number of rotatable bonds is 5. The number of nitrogens with zero attached hydrogens (tertiary/aromatic N) is 3. The summed E-state index contributed by atoms with van der Waals surface area (Å²) >= 11 is 0. The van der Waals surface area contributed by atoms with E-state index in [0.717, 1.165) is 36.3 Å². The van der Waals surface area contributed by atoms with Crippen LogP contribution in [-0.2, 0) is 12.0 Å². The molecule has 0 radical (unpaired) electrons. The van der Waals surface area contributed by atoms with Crippen molar-refractivity contribution in [2.45, 2.75) is 96.7 Å². The molecule has 4 nitrogen and oxygen atoms in total. The van der Waals surface area contributed by atoms with Crippen molar-refractivity contribution in [3.05, 3.63) is 11.7 Å². The van der Waals surface area contributed by atoms with Gasteiger partial charge in [-0.15, -0.1) is 0 Å². The fourth-order valence-corrected chi connectivity index (χ4v) is 3.63. The topological polar surface area (TPSA) is 42.2 Å². The fourth-order valence-electron chi connectivity index (χ4n) is 3.63. The Hall–Kier alpha value is -0.900. The SMILES string of the molecule is CCC1CCC(N(Cc2noc(C(C)(C)C)n2)C2CC2)CC1. The van der Waals surface area contributed by atoms with Gasteiger partial charge in [0.05, 0.1) is 6.54 Å². The smallest absolute Gasteiger partial charge is 0.232 e. The van der Waals surface area contributed by atoms with Crippen LogP contribution in [0.5, 0.6) is 0 Å². The number of hydrogen-bond donors (Lipinski definition) is 0. The van der Waals surface area contributed by atoms with E-state index in [-0.39, 0.29) is 5.41 Å². The first-order chi connectivity index (χ1) is 10.5. The Labute approximate surface area is 134 Å². The van der Waals surface area contributed by atoms with Gasteiger partial charge < -0.3 is 4.52 Å². The monoisotopic (exact) mass is 305 g/mol. The van der Waals surface area contributed by atoms with Crippen molar-refractivity contribution < 1.29 is 4.52 Å². The van der Waals surface area contributed by atoms with Gasteiger partial charge in [-0.3, -0.25) is 4.90 Å². The van der Waals surface area contributed by atoms with Crippen molar-refractivity contribution in [1.82, 2.24) is 15.0 Å². The first-order valence-electron chi connectivity index (χ1n) is 9.06. The molecule has 1 aromatic rings. The van der Waals surface area contributed by atoms with Crippen molar-refractivity contribution in [2.75, 3.05) is 0 Å². The second-order valence-electron chi connectivity index (χ2n) is 8.25. The summed E-state index contributed by atoms with van der Waals surface area (Å²) < 4.78 is 5.46. The zero-order valence-corrected chi connectivity index (χ0v) is 14.6. The quantitative estimate of drug-likeness (QED) is 0.813. The lowest BCUT2D eigenvalue weighted by atomic mass is 9.84. The van der Waals surface area contributed by atoms with Gasteiger partial charge in [0.15, 0.2) is 5.82 Å². The van der Waals surface area contributed by atoms with Crippen LogP contribution in [0.1, 0.15) is 84.4 Å². The molecule has 0 saturated heterocycles. The Morgan fingerprint density at radius 3 is 2.09 bits per heavy atom. The predicted molar refractivity (Wildman–Crippen MR) is 87.6 cm³/mol. The van der Waals surface area contributed by atoms with Gasteiger partial charge >= 0.3 is 0 Å². The second kappa shape index (κ2) is 6.31. The highest BCUT2D eigenvalue weighted by molar-refractivity contribution is 5.00. The molecule has 1 aromatic heterocycles. The number of hydrogen-bond acceptors (Lipinski definition) is 4. The van der Waals surface area contributed by atoms with Gasteiger partial charge in [-0.05, 0) is 44.4 Å². The summed E-state index contributed by atoms with van der Waals surface area (Å²) in [6.45, 7) is 9.56. The van der Waals surface area contributed by atoms with E-state index >= 15 is 0 Å². The van der Waals surface area contributed by atoms with E-state index in [9.17, 15) is 0 Å². The molecule has 0 spiro atoms. The largest absolute Gasteiger partial charge is 0.339 e. The average molecular weight is 305 g/mol. The minimum absolute atomic E-state index is 0.0607. The lowest BCUT2D eigenvalue weighted by Gasteiger charge is -2.36. The molecule has 0 amide bonds. The molecule has 0 N–H and O–H groups in total. The van der Waals surface area contributed by atoms with E-state index in [0.29, 0.717) is 0 Å². The highest BCUT2D eigenvalue weighted by Gasteiger charge is 2.36. The van der Waals surface area contributed by atoms with E-state index in [4.69, 9.17) is 4.52 Å². The lowest BCUT2D eigenvalue weighted by Crippen LogP contribution is -2.39. The summed E-state index contributed by atoms with van der Waals surface area (Å²) in [5, 5.41) is 4.23. The molecule has 22 heavy (non-hydrogen) atoms. The maximum absolute atomic E-state index is 5.46. The van der Waals surface area contributed by atoms with Crippen molar-refractivity contribution in [2.24, 2.45) is 5.92 Å². The Bertz CT molecular complexity index is 479. The molecule has 4 heteroatoms. The van der Waals surface area contributed by atoms with Crippen molar-refractivity contribution in [3.8, 4) is 0 Å². The third-order valence-electron chi connectivity index (χ3n) is 5.31. The summed E-state index contributed by atoms with van der Waals surface area (Å²) in [6, 6.07) is 1.49. The molecule has 0 atom stereocenters. The zero-order chi connectivity index (χ0) is 15.7. The van der Waals surface area contributed by atoms with Crippen molar-refractivity contribution >= 4 is 0 Å². The molecule has 2 saturated carbocycles. The molecule has 0 aliphatic heterocycles. The highest BCUT2D eigenvalue weighted by Crippen LogP contribution is 2.37. The van der Waals surface area contributed by atoms with Crippen LogP contribution < -0.4 is 0 Å². The Morgan fingerprint density at radius 1 is 1.05 bits per heavy atom. The first-order valence-corrected chi connectivity index (χ1v) is 9.06. The molecule has 0 aromatic carbocycles. The third-order valence-corrected chi connectivity index (χ3v) is 5.31. The second-order valence-corrected chi connectivity index (χ2v) is 8.25. The maximum atomic E-state index is 5.46. The molecule has 2 aliphatic carbocycles. The van der Waals surface area contributed by atoms with Crippen molar-refractivity contribution in [3.63, 3.8) is 0 Å². The van der Waals surface area contributed by atoms with Crippen LogP contribution in [0.2, 0.25) is 0 Å². The van der Waals surface area contributed by atoms with Crippen LogP contribution in [0.25, 0.3) is 0 Å². The van der Waals surface area contributed by atoms with Crippen LogP contribution in [0.3, 0.4) is 0 Å². The zero-order valence-electron chi connectivity index (χ0n) is 14.6. The van der Waals surface area contributed by atoms with Crippen LogP contribution in [0.15, 0.2) is 4.52 Å². The first kappa shape index (κ1) is 16.0. The number of aromatic nitrogens is 2. The van der Waals surface area contributed by atoms with Gasteiger partial charge in [0.25, 0.3) is 0 Å². The summed E-state index contributed by atoms with van der Waals surface area (Å²) in [5.41, 5.74) is -0.0607. The van der Waals surface area contributed by atoms with Crippen LogP contribution in [-0.4, -0.2) is 27.1 Å². The molecule has 1 heterocycles. The summed E-state index contributed by atoms with van der Waals surface area (Å²) in [5.74, 6) is 2.58. The summed E-state index contributed by atoms with van der Waals surface area (Å²) in [4.78, 5) is 7.31. The third kappa shape index (κ3) is 3.70. The average Bonchev–Trinajstić information content (AvgIpc) is 3.21. The summed E-state index contributed by atoms with van der Waals surface area (Å²) in [7, 11) is 0. The van der Waals surface area contributed by atoms with Crippen LogP contribution in [0.4, 0.5) is 0 Å². The lowest BCUT2D eigenvalue weighted by molar-refractivity contribution is 0.116. The Balaban J connectivity index is 1.64. The van der Waals surface area contributed by atoms with Gasteiger partial charge in [-0.2, -0.15) is 4.98 Å². The molecular weight excluding hydrogens is 274 g/mol. The van der Waals surface area contributed by atoms with Gasteiger partial charge in [0.2, 0.25) is 5.89 Å². The molecule has 124 valence electrons. The fraction of sp³-hybridized carbons (Fsp3) is 0.889. The summed E-state index contributed by atoms with van der Waals surface area (Å²) in [6.07, 6.45) is 9.51. The molecule has 0 bridgehead atoms. The minimum Gasteiger partial charge on any atom is -0.339 e. The molecule has 2 aliphatic rings. The minimum atomic E-state index is -0.0607. The highest BCUT2D eigenvalue weighted by atomic mass is 16.5. The Morgan fingerprint density at radius 2 is 1.64 bits per heavy atom. The van der Waals surface area contributed by atoms with Gasteiger partial charge in [-0.25, -0.2) is 0 Å². The maximum Gasteiger partial charge on any atom is 0.232 e. The molecule has 2 fully saturated rings. The van der Waals surface area contributed by atoms with E-state index in [1.165, 1.54) is 44.9 Å². The van der Waals surface area contributed by atoms with E-state index in [2.05, 4.69) is 42.7 Å². The molecule has 3 rings (SSSR count). The molecular formula is C18H31N3O. The van der Waals surface area contributed by atoms with Gasteiger partial charge in [-0.1, -0.05) is 39.3 Å².